The predicted octanol–water partition coefficient (Wildman–Crippen LogP) is 4.72. The SMILES string of the molecule is O=C(O)c1cc(N(CC(F)(F)F)CC(F)(F)F)ccc1N=Nc1ncco1. The number of carboxylic acid groups (broad SMARTS) is 1. The third-order valence-corrected chi connectivity index (χ3v) is 2.98. The van der Waals surface area contributed by atoms with Gasteiger partial charge in [0.15, 0.2) is 0 Å². The smallest absolute Gasteiger partial charge is 0.405 e. The van der Waals surface area contributed by atoms with Crippen molar-refractivity contribution >= 4 is 23.4 Å². The van der Waals surface area contributed by atoms with Gasteiger partial charge in [0.25, 0.3) is 0 Å². The molecule has 0 amide bonds. The summed E-state index contributed by atoms with van der Waals surface area (Å²) in [7, 11) is 0. The van der Waals surface area contributed by atoms with Gasteiger partial charge < -0.3 is 14.4 Å². The van der Waals surface area contributed by atoms with Gasteiger partial charge in [-0.25, -0.2) is 4.79 Å². The standard InChI is InChI=1S/C14H10F6N4O3/c15-13(16,17)6-24(7-14(18,19)20)8-1-2-10(9(5-8)11(25)26)22-23-12-21-3-4-27-12/h1-5H,6-7H2,(H,25,26). The maximum absolute atomic E-state index is 12.6. The Bertz CT molecular complexity index is 801. The molecular formula is C14H10F6N4O3. The van der Waals surface area contributed by atoms with Crippen LogP contribution in [0.15, 0.2) is 45.3 Å². The minimum atomic E-state index is -4.93. The maximum atomic E-state index is 12.6. The first-order valence-electron chi connectivity index (χ1n) is 7.02. The molecule has 0 saturated carbocycles. The number of aromatic carboxylic acids is 1. The molecule has 0 aliphatic carbocycles. The number of alkyl halides is 6. The molecule has 0 bridgehead atoms. The maximum Gasteiger partial charge on any atom is 0.405 e. The molecule has 0 aliphatic rings. The number of hydrogen-bond acceptors (Lipinski definition) is 6. The van der Waals surface area contributed by atoms with E-state index in [-0.39, 0.29) is 16.6 Å². The van der Waals surface area contributed by atoms with Gasteiger partial charge in [-0.05, 0) is 18.2 Å². The largest absolute Gasteiger partial charge is 0.478 e. The van der Waals surface area contributed by atoms with E-state index in [0.29, 0.717) is 6.07 Å². The van der Waals surface area contributed by atoms with Crippen molar-refractivity contribution in [1.82, 2.24) is 4.98 Å². The van der Waals surface area contributed by atoms with E-state index in [1.165, 1.54) is 12.5 Å². The zero-order valence-electron chi connectivity index (χ0n) is 13.1. The fourth-order valence-corrected chi connectivity index (χ4v) is 2.01. The van der Waals surface area contributed by atoms with Gasteiger partial charge >= 0.3 is 24.3 Å². The number of rotatable bonds is 6. The average Bonchev–Trinajstić information content (AvgIpc) is 3.02. The molecule has 0 aliphatic heterocycles. The number of hydrogen-bond donors (Lipinski definition) is 1. The Labute approximate surface area is 146 Å². The van der Waals surface area contributed by atoms with Gasteiger partial charge in [0.05, 0.1) is 11.8 Å². The number of halogens is 6. The van der Waals surface area contributed by atoms with Gasteiger partial charge in [-0.2, -0.15) is 31.3 Å². The van der Waals surface area contributed by atoms with E-state index in [1.807, 2.05) is 0 Å². The van der Waals surface area contributed by atoms with E-state index in [0.717, 1.165) is 12.1 Å². The summed E-state index contributed by atoms with van der Waals surface area (Å²) >= 11 is 0. The second kappa shape index (κ2) is 7.63. The number of nitrogens with zero attached hydrogens (tertiary/aromatic N) is 4. The number of azo groups is 1. The number of benzene rings is 1. The molecule has 1 aromatic heterocycles. The Hall–Kier alpha value is -3.12. The molecule has 146 valence electrons. The van der Waals surface area contributed by atoms with Gasteiger partial charge in [0.1, 0.15) is 25.0 Å². The van der Waals surface area contributed by atoms with Gasteiger partial charge in [-0.3, -0.25) is 0 Å². The van der Waals surface area contributed by atoms with Crippen LogP contribution in [-0.4, -0.2) is 41.5 Å². The summed E-state index contributed by atoms with van der Waals surface area (Å²) < 4.78 is 80.4. The molecule has 2 rings (SSSR count). The summed E-state index contributed by atoms with van der Waals surface area (Å²) in [6.07, 6.45) is -7.46. The molecule has 1 heterocycles. The van der Waals surface area contributed by atoms with E-state index >= 15 is 0 Å². The fourth-order valence-electron chi connectivity index (χ4n) is 2.01. The first-order chi connectivity index (χ1) is 12.4. The number of anilines is 1. The second-order valence-corrected chi connectivity index (χ2v) is 5.11. The molecule has 0 atom stereocenters. The van der Waals surface area contributed by atoms with Crippen molar-refractivity contribution in [2.24, 2.45) is 10.2 Å². The Kier molecular flexibility index (Phi) is 5.71. The highest BCUT2D eigenvalue weighted by Crippen LogP contribution is 2.31. The van der Waals surface area contributed by atoms with Crippen molar-refractivity contribution in [2.75, 3.05) is 18.0 Å². The third kappa shape index (κ3) is 6.27. The van der Waals surface area contributed by atoms with Crippen LogP contribution >= 0.6 is 0 Å². The summed E-state index contributed by atoms with van der Waals surface area (Å²) in [4.78, 5) is 14.9. The lowest BCUT2D eigenvalue weighted by atomic mass is 10.1. The second-order valence-electron chi connectivity index (χ2n) is 5.11. The lowest BCUT2D eigenvalue weighted by Crippen LogP contribution is -2.40. The first kappa shape index (κ1) is 20.2. The molecular weight excluding hydrogens is 386 g/mol. The summed E-state index contributed by atoms with van der Waals surface area (Å²) in [5.41, 5.74) is -1.53. The third-order valence-electron chi connectivity index (χ3n) is 2.98. The highest BCUT2D eigenvalue weighted by molar-refractivity contribution is 5.94. The minimum Gasteiger partial charge on any atom is -0.478 e. The molecule has 13 heteroatoms. The first-order valence-corrected chi connectivity index (χ1v) is 7.02. The molecule has 0 radical (unpaired) electrons. The highest BCUT2D eigenvalue weighted by Gasteiger charge is 2.37. The molecule has 1 aromatic carbocycles. The van der Waals surface area contributed by atoms with Crippen molar-refractivity contribution in [3.05, 3.63) is 36.2 Å². The number of carbonyl (C=O) groups is 1. The quantitative estimate of drug-likeness (QED) is 0.564. The summed E-state index contributed by atoms with van der Waals surface area (Å²) in [5, 5.41) is 16.2. The molecule has 0 fully saturated rings. The molecule has 7 nitrogen and oxygen atoms in total. The molecule has 1 N–H and O–H groups in total. The topological polar surface area (TPSA) is 91.3 Å². The van der Waals surface area contributed by atoms with Crippen LogP contribution in [0.4, 0.5) is 43.7 Å². The van der Waals surface area contributed by atoms with E-state index in [1.54, 1.807) is 0 Å². The molecule has 0 spiro atoms. The van der Waals surface area contributed by atoms with Crippen LogP contribution in [0, 0.1) is 0 Å². The summed E-state index contributed by atoms with van der Waals surface area (Å²) in [6.45, 7) is -3.83. The van der Waals surface area contributed by atoms with Gasteiger partial charge in [-0.15, -0.1) is 5.11 Å². The lowest BCUT2D eigenvalue weighted by molar-refractivity contribution is -0.137. The van der Waals surface area contributed by atoms with Gasteiger partial charge in [-0.1, -0.05) is 5.11 Å². The van der Waals surface area contributed by atoms with Crippen LogP contribution in [0.5, 0.6) is 0 Å². The summed E-state index contributed by atoms with van der Waals surface area (Å²) in [5.74, 6) is -1.61. The van der Waals surface area contributed by atoms with Crippen LogP contribution in [-0.2, 0) is 0 Å². The summed E-state index contributed by atoms with van der Waals surface area (Å²) in [6, 6.07) is 2.26. The molecule has 0 saturated heterocycles. The average molecular weight is 396 g/mol. The monoisotopic (exact) mass is 396 g/mol. The highest BCUT2D eigenvalue weighted by atomic mass is 19.4. The van der Waals surface area contributed by atoms with E-state index in [9.17, 15) is 36.2 Å². The van der Waals surface area contributed by atoms with E-state index < -0.39 is 42.7 Å². The van der Waals surface area contributed by atoms with Crippen LogP contribution in [0.2, 0.25) is 0 Å². The number of aromatic nitrogens is 1. The van der Waals surface area contributed by atoms with Crippen molar-refractivity contribution < 1.29 is 40.7 Å². The predicted molar refractivity (Wildman–Crippen MR) is 78.4 cm³/mol. The number of carboxylic acids is 1. The zero-order valence-corrected chi connectivity index (χ0v) is 13.1. The van der Waals surface area contributed by atoms with E-state index in [4.69, 9.17) is 4.42 Å². The Balaban J connectivity index is 2.40. The fraction of sp³-hybridized carbons (Fsp3) is 0.286. The van der Waals surface area contributed by atoms with Gasteiger partial charge in [0, 0.05) is 5.69 Å². The van der Waals surface area contributed by atoms with Crippen molar-refractivity contribution in [3.63, 3.8) is 0 Å². The van der Waals surface area contributed by atoms with Crippen molar-refractivity contribution in [3.8, 4) is 0 Å². The lowest BCUT2D eigenvalue weighted by Gasteiger charge is -2.27. The van der Waals surface area contributed by atoms with Crippen LogP contribution < -0.4 is 4.90 Å². The van der Waals surface area contributed by atoms with Crippen molar-refractivity contribution in [2.45, 2.75) is 12.4 Å². The molecule has 27 heavy (non-hydrogen) atoms. The Morgan fingerprint density at radius 2 is 1.74 bits per heavy atom. The molecule has 0 unspecified atom stereocenters. The zero-order chi connectivity index (χ0) is 20.2. The van der Waals surface area contributed by atoms with Crippen LogP contribution in [0.25, 0.3) is 0 Å². The minimum absolute atomic E-state index is 0.0263. The molecule has 2 aromatic rings. The van der Waals surface area contributed by atoms with Crippen molar-refractivity contribution in [1.29, 1.82) is 0 Å². The normalized spacial score (nSPS) is 12.5. The number of oxazole rings is 1. The van der Waals surface area contributed by atoms with E-state index in [2.05, 4.69) is 15.2 Å². The van der Waals surface area contributed by atoms with Gasteiger partial charge in [0.2, 0.25) is 0 Å². The Morgan fingerprint density at radius 1 is 1.11 bits per heavy atom. The Morgan fingerprint density at radius 3 is 2.22 bits per heavy atom. The van der Waals surface area contributed by atoms with Crippen LogP contribution in [0.3, 0.4) is 0 Å². The van der Waals surface area contributed by atoms with Crippen LogP contribution in [0.1, 0.15) is 10.4 Å².